The Morgan fingerprint density at radius 1 is 0.190 bits per heavy atom. The molecule has 0 aliphatic heterocycles. The van der Waals surface area contributed by atoms with Gasteiger partial charge in [0.1, 0.15) is 0 Å². The van der Waals surface area contributed by atoms with Crippen molar-refractivity contribution in [3.05, 3.63) is 249 Å². The van der Waals surface area contributed by atoms with Crippen LogP contribution < -0.4 is 4.90 Å². The van der Waals surface area contributed by atoms with Gasteiger partial charge >= 0.3 is 0 Å². The highest BCUT2D eigenvalue weighted by Gasteiger charge is 2.19. The minimum absolute atomic E-state index is 1.10. The van der Waals surface area contributed by atoms with E-state index in [0.717, 1.165) is 17.1 Å². The number of hydrogen-bond acceptors (Lipinski definition) is 1. The molecule has 1 nitrogen and oxygen atoms in total. The van der Waals surface area contributed by atoms with Gasteiger partial charge in [0, 0.05) is 17.1 Å². The maximum Gasteiger partial charge on any atom is 0.0468 e. The lowest BCUT2D eigenvalue weighted by atomic mass is 9.84. The summed E-state index contributed by atoms with van der Waals surface area (Å²) in [4.78, 5) is 2.40. The normalized spacial score (nSPS) is 11.5. The second-order valence-corrected chi connectivity index (χ2v) is 16.5. The van der Waals surface area contributed by atoms with Crippen LogP contribution in [-0.2, 0) is 0 Å². The largest absolute Gasteiger partial charge is 0.310 e. The topological polar surface area (TPSA) is 3.24 Å². The van der Waals surface area contributed by atoms with E-state index in [1.807, 2.05) is 0 Å². The van der Waals surface area contributed by atoms with E-state index in [-0.39, 0.29) is 0 Å². The van der Waals surface area contributed by atoms with Crippen molar-refractivity contribution >= 4 is 70.9 Å². The van der Waals surface area contributed by atoms with Crippen LogP contribution in [0.25, 0.3) is 98.4 Å². The van der Waals surface area contributed by atoms with Gasteiger partial charge in [0.15, 0.2) is 0 Å². The molecule has 0 aliphatic carbocycles. The van der Waals surface area contributed by atoms with Crippen LogP contribution in [0.1, 0.15) is 0 Å². The number of rotatable bonds is 7. The molecule has 0 aliphatic rings. The summed E-state index contributed by atoms with van der Waals surface area (Å²) in [5.74, 6) is 0. The zero-order valence-corrected chi connectivity index (χ0v) is 34.6. The maximum absolute atomic E-state index is 2.41. The molecule has 1 heteroatoms. The van der Waals surface area contributed by atoms with Crippen molar-refractivity contribution in [1.29, 1.82) is 0 Å². The summed E-state index contributed by atoms with van der Waals surface area (Å²) in [6, 6.07) is 91.1. The molecule has 0 fully saturated rings. The molecule has 0 N–H and O–H groups in total. The van der Waals surface area contributed by atoms with E-state index < -0.39 is 0 Å². The highest BCUT2D eigenvalue weighted by molar-refractivity contribution is 6.22. The van der Waals surface area contributed by atoms with Gasteiger partial charge in [0.05, 0.1) is 0 Å². The van der Waals surface area contributed by atoms with Crippen LogP contribution in [0.5, 0.6) is 0 Å². The van der Waals surface area contributed by atoms with Gasteiger partial charge in [0.2, 0.25) is 0 Å². The fourth-order valence-electron chi connectivity index (χ4n) is 9.76. The molecule has 0 saturated heterocycles. The van der Waals surface area contributed by atoms with E-state index >= 15 is 0 Å². The molecule has 0 amide bonds. The van der Waals surface area contributed by atoms with Crippen LogP contribution in [-0.4, -0.2) is 0 Å². The van der Waals surface area contributed by atoms with Crippen molar-refractivity contribution in [2.45, 2.75) is 0 Å². The minimum atomic E-state index is 1.10. The first-order valence-electron chi connectivity index (χ1n) is 21.7. The SMILES string of the molecule is c1ccc(-c2c(-c3ccccc3)c3cc(-c4ccc(N(c5cccc(-c6ccc7ccccc7c6)c5)c5ccc6c(ccc7ccccc76)c5)cc4)ccc3c3ccccc23)cc1. The van der Waals surface area contributed by atoms with E-state index in [1.54, 1.807) is 0 Å². The lowest BCUT2D eigenvalue weighted by Crippen LogP contribution is -2.10. The fraction of sp³-hybridized carbons (Fsp3) is 0. The Hall–Kier alpha value is -8.26. The van der Waals surface area contributed by atoms with Crippen LogP contribution in [0, 0.1) is 0 Å². The monoisotopic (exact) mass is 799 g/mol. The number of anilines is 3. The first-order valence-corrected chi connectivity index (χ1v) is 21.7. The smallest absolute Gasteiger partial charge is 0.0468 e. The Kier molecular flexibility index (Phi) is 8.90. The average Bonchev–Trinajstić information content (AvgIpc) is 3.36. The summed E-state index contributed by atoms with van der Waals surface area (Å²) in [7, 11) is 0. The van der Waals surface area contributed by atoms with Crippen molar-refractivity contribution in [2.24, 2.45) is 0 Å². The van der Waals surface area contributed by atoms with Crippen molar-refractivity contribution in [3.63, 3.8) is 0 Å². The molecule has 0 bridgehead atoms. The summed E-state index contributed by atoms with van der Waals surface area (Å²) in [6.07, 6.45) is 0. The number of hydrogen-bond donors (Lipinski definition) is 0. The Morgan fingerprint density at radius 3 is 1.44 bits per heavy atom. The van der Waals surface area contributed by atoms with E-state index in [9.17, 15) is 0 Å². The number of nitrogens with zero attached hydrogens (tertiary/aromatic N) is 1. The molecule has 0 heterocycles. The molecule has 294 valence electrons. The Bertz CT molecular complexity index is 3660. The van der Waals surface area contributed by atoms with Crippen LogP contribution in [0.3, 0.4) is 0 Å². The quantitative estimate of drug-likeness (QED) is 0.145. The van der Waals surface area contributed by atoms with Crippen molar-refractivity contribution in [1.82, 2.24) is 0 Å². The molecule has 0 aromatic heterocycles. The molecule has 12 aromatic carbocycles. The third kappa shape index (κ3) is 6.50. The summed E-state index contributed by atoms with van der Waals surface area (Å²) < 4.78 is 0. The fourth-order valence-corrected chi connectivity index (χ4v) is 9.76. The highest BCUT2D eigenvalue weighted by atomic mass is 15.1. The van der Waals surface area contributed by atoms with Gasteiger partial charge in [-0.25, -0.2) is 0 Å². The second kappa shape index (κ2) is 15.3. The molecule has 0 spiro atoms. The van der Waals surface area contributed by atoms with Gasteiger partial charge in [-0.3, -0.25) is 0 Å². The average molecular weight is 800 g/mol. The first kappa shape index (κ1) is 36.6. The Balaban J connectivity index is 1.01. The molecule has 0 atom stereocenters. The third-order valence-corrected chi connectivity index (χ3v) is 12.8. The molecule has 12 rings (SSSR count). The molecule has 12 aromatic rings. The number of benzene rings is 12. The van der Waals surface area contributed by atoms with Crippen LogP contribution in [0.4, 0.5) is 17.1 Å². The third-order valence-electron chi connectivity index (χ3n) is 12.8. The Labute approximate surface area is 367 Å². The molecular formula is C62H41N. The predicted octanol–water partition coefficient (Wildman–Crippen LogP) is 17.6. The lowest BCUT2D eigenvalue weighted by molar-refractivity contribution is 1.29. The van der Waals surface area contributed by atoms with Gasteiger partial charge in [-0.05, 0) is 147 Å². The molecule has 0 saturated carbocycles. The van der Waals surface area contributed by atoms with E-state index in [4.69, 9.17) is 0 Å². The summed E-state index contributed by atoms with van der Waals surface area (Å²) in [5, 5.41) is 12.5. The van der Waals surface area contributed by atoms with Gasteiger partial charge in [-0.2, -0.15) is 0 Å². The summed E-state index contributed by atoms with van der Waals surface area (Å²) in [5.41, 5.74) is 13.0. The van der Waals surface area contributed by atoms with Crippen molar-refractivity contribution in [3.8, 4) is 44.5 Å². The molecule has 0 radical (unpaired) electrons. The van der Waals surface area contributed by atoms with Gasteiger partial charge < -0.3 is 4.90 Å². The lowest BCUT2D eigenvalue weighted by Gasteiger charge is -2.27. The maximum atomic E-state index is 2.41. The van der Waals surface area contributed by atoms with E-state index in [0.29, 0.717) is 0 Å². The zero-order valence-electron chi connectivity index (χ0n) is 34.6. The van der Waals surface area contributed by atoms with Gasteiger partial charge in [-0.1, -0.05) is 200 Å². The van der Waals surface area contributed by atoms with Crippen molar-refractivity contribution in [2.75, 3.05) is 4.90 Å². The first-order chi connectivity index (χ1) is 31.2. The van der Waals surface area contributed by atoms with Crippen LogP contribution in [0.2, 0.25) is 0 Å². The summed E-state index contributed by atoms with van der Waals surface area (Å²) >= 11 is 0. The number of fused-ring (bicyclic) bond motifs is 7. The van der Waals surface area contributed by atoms with Gasteiger partial charge in [-0.15, -0.1) is 0 Å². The van der Waals surface area contributed by atoms with Crippen LogP contribution in [0.15, 0.2) is 249 Å². The zero-order chi connectivity index (χ0) is 41.7. The Morgan fingerprint density at radius 2 is 0.667 bits per heavy atom. The van der Waals surface area contributed by atoms with Gasteiger partial charge in [0.25, 0.3) is 0 Å². The molecular weight excluding hydrogens is 759 g/mol. The predicted molar refractivity (Wildman–Crippen MR) is 270 cm³/mol. The van der Waals surface area contributed by atoms with Crippen LogP contribution >= 0.6 is 0 Å². The minimum Gasteiger partial charge on any atom is -0.310 e. The highest BCUT2D eigenvalue weighted by Crippen LogP contribution is 2.46. The molecule has 63 heavy (non-hydrogen) atoms. The van der Waals surface area contributed by atoms with E-state index in [1.165, 1.54) is 98.4 Å². The van der Waals surface area contributed by atoms with Crippen molar-refractivity contribution < 1.29 is 0 Å². The van der Waals surface area contributed by atoms with E-state index in [2.05, 4.69) is 254 Å². The standard InChI is InChI=1S/C62H41N/c1-3-16-45(17-4-1)61-59-25-12-11-24-57(59)58-36-32-50(41-60(58)62(61)46-18-5-2-6-19-46)43-30-33-52(34-31-43)63(54-35-37-56-51(40-54)29-27-44-15-9-10-23-55(44)56)53-22-13-21-48(39-53)49-28-26-42-14-7-8-20-47(42)38-49/h1-41H. The molecule has 0 unspecified atom stereocenters. The second-order valence-electron chi connectivity index (χ2n) is 16.5. The summed E-state index contributed by atoms with van der Waals surface area (Å²) in [6.45, 7) is 0.